The van der Waals surface area contributed by atoms with E-state index in [9.17, 15) is 0 Å². The predicted octanol–water partition coefficient (Wildman–Crippen LogP) is 19.1. The molecular formula is C71H74BN3OS. The zero-order valence-corrected chi connectivity index (χ0v) is 49.1. The van der Waals surface area contributed by atoms with Crippen molar-refractivity contribution >= 4 is 117 Å². The van der Waals surface area contributed by atoms with E-state index in [0.29, 0.717) is 0 Å². The van der Waals surface area contributed by atoms with Gasteiger partial charge in [-0.05, 0) is 163 Å². The van der Waals surface area contributed by atoms with Crippen molar-refractivity contribution < 1.29 is 4.42 Å². The van der Waals surface area contributed by atoms with Gasteiger partial charge in [0, 0.05) is 54.4 Å². The molecule has 77 heavy (non-hydrogen) atoms. The lowest BCUT2D eigenvalue weighted by Gasteiger charge is -2.44. The topological polar surface area (TPSA) is 22.9 Å². The van der Waals surface area contributed by atoms with Crippen molar-refractivity contribution in [1.29, 1.82) is 0 Å². The first-order chi connectivity index (χ1) is 36.3. The Morgan fingerprint density at radius 2 is 0.948 bits per heavy atom. The first kappa shape index (κ1) is 50.8. The molecule has 0 spiro atoms. The molecule has 0 unspecified atom stereocenters. The molecule has 2 aliphatic heterocycles. The minimum atomic E-state index is -0.0797. The fourth-order valence-electron chi connectivity index (χ4n) is 12.0. The van der Waals surface area contributed by atoms with E-state index in [2.05, 4.69) is 283 Å². The molecule has 4 heterocycles. The average molecular weight is 1030 g/mol. The summed E-state index contributed by atoms with van der Waals surface area (Å²) in [4.78, 5) is 7.60. The molecule has 0 atom stereocenters. The standard InChI is InChI=1S/C71H74BN3OS/c1-43-39-58-63-59(40-43)75(57-37-36-56(62-52-19-17-18-20-60(52)76-65(57)62)73(49-29-21-44(22-30-49)67(2,3)4)50-31-23-45(24-32-50)68(5,6)7)55-35-27-48(71(14,15)16)42-54(55)72(63)66-64(53-41-47(70(11,12)13)28-38-61(53)77-66)74(58)51-33-25-46(26-34-51)69(8,9)10/h17-42H,1-16H3. The number of hydrogen-bond acceptors (Lipinski definition) is 5. The molecular weight excluding hydrogens is 954 g/mol. The molecule has 0 fully saturated rings. The number of para-hydroxylation sites is 1. The molecule has 8 aromatic carbocycles. The monoisotopic (exact) mass is 1030 g/mol. The summed E-state index contributed by atoms with van der Waals surface area (Å²) in [5.41, 5.74) is 22.4. The molecule has 6 heteroatoms. The second kappa shape index (κ2) is 17.5. The number of anilines is 9. The molecule has 0 bridgehead atoms. The normalized spacial score (nSPS) is 13.9. The molecule has 0 amide bonds. The van der Waals surface area contributed by atoms with Crippen molar-refractivity contribution in [3.05, 3.63) is 191 Å². The van der Waals surface area contributed by atoms with Crippen molar-refractivity contribution in [3.8, 4) is 0 Å². The predicted molar refractivity (Wildman–Crippen MR) is 336 cm³/mol. The van der Waals surface area contributed by atoms with Crippen LogP contribution in [0.4, 0.5) is 51.2 Å². The summed E-state index contributed by atoms with van der Waals surface area (Å²) in [6, 6.07) is 60.5. The van der Waals surface area contributed by atoms with Crippen LogP contribution < -0.4 is 30.4 Å². The van der Waals surface area contributed by atoms with Crippen LogP contribution in [0.5, 0.6) is 0 Å². The number of rotatable bonds is 5. The van der Waals surface area contributed by atoms with Gasteiger partial charge in [0.1, 0.15) is 5.58 Å². The van der Waals surface area contributed by atoms with Crippen molar-refractivity contribution in [3.63, 3.8) is 0 Å². The molecule has 0 saturated carbocycles. The maximum atomic E-state index is 7.35. The van der Waals surface area contributed by atoms with E-state index in [1.807, 2.05) is 11.3 Å². The molecule has 0 saturated heterocycles. The number of nitrogens with zero attached hydrogens (tertiary/aromatic N) is 3. The van der Waals surface area contributed by atoms with E-state index in [-0.39, 0.29) is 33.8 Å². The van der Waals surface area contributed by atoms with Gasteiger partial charge in [0.05, 0.1) is 22.4 Å². The molecule has 2 aliphatic rings. The SMILES string of the molecule is Cc1cc2c3c(c1)N(c1ccc(N(c4ccc(C(C)(C)C)cc4)c4ccc(C(C)(C)C)cc4)c4c1oc1ccccc14)c1ccc(C(C)(C)C)cc1B3c1sc3ccc(C(C)(C)C)cc3c1N2c1ccc(C(C)(C)C)cc1. The Morgan fingerprint density at radius 1 is 0.455 bits per heavy atom. The summed E-state index contributed by atoms with van der Waals surface area (Å²) in [5.74, 6) is 0. The lowest BCUT2D eigenvalue weighted by atomic mass is 9.36. The summed E-state index contributed by atoms with van der Waals surface area (Å²) < 4.78 is 10.0. The largest absolute Gasteiger partial charge is 0.454 e. The Morgan fingerprint density at radius 3 is 1.52 bits per heavy atom. The van der Waals surface area contributed by atoms with Gasteiger partial charge in [-0.2, -0.15) is 0 Å². The van der Waals surface area contributed by atoms with Crippen LogP contribution in [0.15, 0.2) is 162 Å². The summed E-state index contributed by atoms with van der Waals surface area (Å²) in [5, 5.41) is 3.48. The molecule has 10 aromatic rings. The minimum absolute atomic E-state index is 0.0135. The summed E-state index contributed by atoms with van der Waals surface area (Å²) in [6.07, 6.45) is 0. The van der Waals surface area contributed by atoms with Crippen LogP contribution in [-0.4, -0.2) is 6.71 Å². The Hall–Kier alpha value is -7.02. The van der Waals surface area contributed by atoms with E-state index in [1.165, 1.54) is 87.6 Å². The van der Waals surface area contributed by atoms with Crippen molar-refractivity contribution in [2.24, 2.45) is 0 Å². The smallest absolute Gasteiger partial charge is 0.264 e. The van der Waals surface area contributed by atoms with Crippen LogP contribution in [0.1, 0.15) is 137 Å². The van der Waals surface area contributed by atoms with Crippen LogP contribution in [0.3, 0.4) is 0 Å². The molecule has 4 nitrogen and oxygen atoms in total. The maximum Gasteiger partial charge on any atom is 0.264 e. The fourth-order valence-corrected chi connectivity index (χ4v) is 13.3. The molecule has 0 radical (unpaired) electrons. The van der Waals surface area contributed by atoms with Crippen LogP contribution >= 0.6 is 11.3 Å². The first-order valence-electron chi connectivity index (χ1n) is 27.8. The number of thiophene rings is 1. The van der Waals surface area contributed by atoms with Gasteiger partial charge < -0.3 is 19.1 Å². The van der Waals surface area contributed by atoms with E-state index in [0.717, 1.165) is 44.7 Å². The van der Waals surface area contributed by atoms with E-state index < -0.39 is 0 Å². The number of aryl methyl sites for hydroxylation is 1. The lowest BCUT2D eigenvalue weighted by molar-refractivity contribution is 0.590. The second-order valence-corrected chi connectivity index (χ2v) is 28.3. The van der Waals surface area contributed by atoms with Crippen LogP contribution in [0.25, 0.3) is 32.0 Å². The average Bonchev–Trinajstić information content (AvgIpc) is 4.10. The summed E-state index contributed by atoms with van der Waals surface area (Å²) >= 11 is 1.97. The van der Waals surface area contributed by atoms with Crippen LogP contribution in [0, 0.1) is 6.92 Å². The van der Waals surface area contributed by atoms with Crippen LogP contribution in [-0.2, 0) is 27.1 Å². The number of furan rings is 1. The molecule has 0 N–H and O–H groups in total. The Kier molecular flexibility index (Phi) is 11.5. The van der Waals surface area contributed by atoms with Gasteiger partial charge in [0.15, 0.2) is 5.58 Å². The molecule has 12 rings (SSSR count). The van der Waals surface area contributed by atoms with E-state index >= 15 is 0 Å². The Balaban J connectivity index is 1.15. The maximum absolute atomic E-state index is 7.35. The zero-order valence-electron chi connectivity index (χ0n) is 48.2. The van der Waals surface area contributed by atoms with Gasteiger partial charge >= 0.3 is 0 Å². The summed E-state index contributed by atoms with van der Waals surface area (Å²) in [6.45, 7) is 36.9. The van der Waals surface area contributed by atoms with Crippen molar-refractivity contribution in [2.45, 2.75) is 138 Å². The van der Waals surface area contributed by atoms with Gasteiger partial charge in [-0.3, -0.25) is 0 Å². The highest BCUT2D eigenvalue weighted by Crippen LogP contribution is 2.53. The zero-order chi connectivity index (χ0) is 54.5. The van der Waals surface area contributed by atoms with Gasteiger partial charge in [0.2, 0.25) is 0 Å². The number of hydrogen-bond donors (Lipinski definition) is 0. The van der Waals surface area contributed by atoms with Gasteiger partial charge in [-0.1, -0.05) is 177 Å². The highest BCUT2D eigenvalue weighted by molar-refractivity contribution is 7.33. The van der Waals surface area contributed by atoms with Crippen molar-refractivity contribution in [2.75, 3.05) is 14.7 Å². The Labute approximate surface area is 462 Å². The lowest BCUT2D eigenvalue weighted by Crippen LogP contribution is -2.60. The second-order valence-electron chi connectivity index (χ2n) is 27.3. The molecule has 0 aliphatic carbocycles. The highest BCUT2D eigenvalue weighted by atomic mass is 32.1. The third-order valence-electron chi connectivity index (χ3n) is 16.5. The summed E-state index contributed by atoms with van der Waals surface area (Å²) in [7, 11) is 0. The number of fused-ring (bicyclic) bond motifs is 9. The molecule has 2 aromatic heterocycles. The van der Waals surface area contributed by atoms with Crippen molar-refractivity contribution in [1.82, 2.24) is 0 Å². The highest BCUT2D eigenvalue weighted by Gasteiger charge is 2.46. The molecule has 388 valence electrons. The van der Waals surface area contributed by atoms with Crippen LogP contribution in [0.2, 0.25) is 0 Å². The quantitative estimate of drug-likeness (QED) is 0.160. The van der Waals surface area contributed by atoms with E-state index in [4.69, 9.17) is 4.42 Å². The van der Waals surface area contributed by atoms with E-state index in [1.54, 1.807) is 0 Å². The fraction of sp³-hybridized carbons (Fsp3) is 0.296. The minimum Gasteiger partial charge on any atom is -0.454 e. The first-order valence-corrected chi connectivity index (χ1v) is 28.6. The third-order valence-corrected chi connectivity index (χ3v) is 17.7. The van der Waals surface area contributed by atoms with Gasteiger partial charge in [0.25, 0.3) is 6.71 Å². The van der Waals surface area contributed by atoms with Gasteiger partial charge in [-0.25, -0.2) is 0 Å². The van der Waals surface area contributed by atoms with Gasteiger partial charge in [-0.15, -0.1) is 11.3 Å². The third kappa shape index (κ3) is 8.49. The number of benzene rings is 8. The Bertz CT molecular complexity index is 3900.